The van der Waals surface area contributed by atoms with Crippen LogP contribution in [-0.2, 0) is 6.42 Å². The lowest BCUT2D eigenvalue weighted by Crippen LogP contribution is -2.12. The predicted molar refractivity (Wildman–Crippen MR) is 216 cm³/mol. The van der Waals surface area contributed by atoms with Crippen molar-refractivity contribution in [3.8, 4) is 5.69 Å². The third-order valence-electron chi connectivity index (χ3n) is 10.2. The summed E-state index contributed by atoms with van der Waals surface area (Å²) in [6.45, 7) is 2.37. The Balaban J connectivity index is 1.24. The van der Waals surface area contributed by atoms with Crippen LogP contribution < -0.4 is 9.80 Å². The van der Waals surface area contributed by atoms with Crippen molar-refractivity contribution < 1.29 is 0 Å². The van der Waals surface area contributed by atoms with E-state index in [1.54, 1.807) is 0 Å². The third kappa shape index (κ3) is 5.57. The molecule has 1 aliphatic rings. The molecule has 1 unspecified atom stereocenters. The summed E-state index contributed by atoms with van der Waals surface area (Å²) in [7, 11) is 0. The van der Waals surface area contributed by atoms with Crippen LogP contribution in [0.5, 0.6) is 0 Å². The first-order valence-corrected chi connectivity index (χ1v) is 17.9. The van der Waals surface area contributed by atoms with Gasteiger partial charge in [0, 0.05) is 56.5 Å². The molecule has 51 heavy (non-hydrogen) atoms. The van der Waals surface area contributed by atoms with E-state index in [2.05, 4.69) is 209 Å². The van der Waals surface area contributed by atoms with Gasteiger partial charge in [-0.25, -0.2) is 0 Å². The van der Waals surface area contributed by atoms with Crippen LogP contribution in [0.4, 0.5) is 34.1 Å². The van der Waals surface area contributed by atoms with E-state index >= 15 is 0 Å². The fraction of sp³-hybridized carbons (Fsp3) is 0.0833. The average Bonchev–Trinajstić information content (AvgIpc) is 3.40. The fourth-order valence-electron chi connectivity index (χ4n) is 7.89. The number of fused-ring (bicyclic) bond motifs is 4. The molecule has 1 heterocycles. The number of rotatable bonds is 7. The standard InChI is InChI=1S/C48H39N3/c1-35-16-11-13-26-44-45-34-42(32-33-47(45)51(48(35)44)39-23-9-4-10-24-39)50(46-27-15-18-36-17-12-14-25-43(36)46)41-30-28-40(29-31-41)49(37-19-5-2-6-20-37)38-21-7-3-8-22-38/h2-15,17-25,27-35H,16,26H2,1H3. The molecule has 0 spiro atoms. The summed E-state index contributed by atoms with van der Waals surface area (Å²) >= 11 is 0. The highest BCUT2D eigenvalue weighted by Crippen LogP contribution is 2.44. The molecule has 0 saturated carbocycles. The Labute approximate surface area is 300 Å². The van der Waals surface area contributed by atoms with Gasteiger partial charge in [-0.3, -0.25) is 0 Å². The Bertz CT molecular complexity index is 2430. The summed E-state index contributed by atoms with van der Waals surface area (Å²) < 4.78 is 2.50. The molecule has 8 aromatic rings. The molecular weight excluding hydrogens is 619 g/mol. The molecule has 0 saturated heterocycles. The van der Waals surface area contributed by atoms with Gasteiger partial charge in [-0.15, -0.1) is 0 Å². The SMILES string of the molecule is CC1CC=CCc2c1n(-c1ccccc1)c1ccc(N(c3ccc(N(c4ccccc4)c4ccccc4)cc3)c3cccc4ccccc34)cc21. The molecule has 3 heteroatoms. The maximum absolute atomic E-state index is 2.50. The van der Waals surface area contributed by atoms with E-state index in [-0.39, 0.29) is 0 Å². The number of hydrogen-bond donors (Lipinski definition) is 0. The van der Waals surface area contributed by atoms with E-state index in [9.17, 15) is 0 Å². The number of allylic oxidation sites excluding steroid dienone is 2. The molecule has 0 aliphatic heterocycles. The summed E-state index contributed by atoms with van der Waals surface area (Å²) in [6, 6.07) is 63.5. The molecule has 0 N–H and O–H groups in total. The minimum atomic E-state index is 0.411. The van der Waals surface area contributed by atoms with E-state index in [0.29, 0.717) is 5.92 Å². The topological polar surface area (TPSA) is 11.4 Å². The number of benzene rings is 7. The first kappa shape index (κ1) is 30.7. The van der Waals surface area contributed by atoms with Crippen molar-refractivity contribution in [2.24, 2.45) is 0 Å². The van der Waals surface area contributed by atoms with Crippen molar-refractivity contribution in [1.82, 2.24) is 4.57 Å². The van der Waals surface area contributed by atoms with E-state index in [1.807, 2.05) is 0 Å². The van der Waals surface area contributed by atoms with Crippen LogP contribution in [0.25, 0.3) is 27.4 Å². The minimum absolute atomic E-state index is 0.411. The van der Waals surface area contributed by atoms with E-state index in [4.69, 9.17) is 0 Å². The fourth-order valence-corrected chi connectivity index (χ4v) is 7.89. The summed E-state index contributed by atoms with van der Waals surface area (Å²) in [5, 5.41) is 3.75. The Morgan fingerprint density at radius 3 is 1.76 bits per heavy atom. The quantitative estimate of drug-likeness (QED) is 0.158. The molecule has 3 nitrogen and oxygen atoms in total. The number of aromatic nitrogens is 1. The number of hydrogen-bond acceptors (Lipinski definition) is 2. The summed E-state index contributed by atoms with van der Waals surface area (Å²) in [4.78, 5) is 4.75. The molecular formula is C48H39N3. The van der Waals surface area contributed by atoms with Gasteiger partial charge in [-0.1, -0.05) is 110 Å². The van der Waals surface area contributed by atoms with Gasteiger partial charge < -0.3 is 14.4 Å². The molecule has 1 aliphatic carbocycles. The third-order valence-corrected chi connectivity index (χ3v) is 10.2. The van der Waals surface area contributed by atoms with Crippen molar-refractivity contribution in [2.45, 2.75) is 25.7 Å². The van der Waals surface area contributed by atoms with Gasteiger partial charge in [0.1, 0.15) is 0 Å². The first-order valence-electron chi connectivity index (χ1n) is 17.9. The lowest BCUT2D eigenvalue weighted by Gasteiger charge is -2.29. The van der Waals surface area contributed by atoms with Crippen LogP contribution in [0, 0.1) is 0 Å². The molecule has 1 aromatic heterocycles. The van der Waals surface area contributed by atoms with E-state index in [1.165, 1.54) is 38.6 Å². The van der Waals surface area contributed by atoms with Gasteiger partial charge in [0.15, 0.2) is 0 Å². The predicted octanol–water partition coefficient (Wildman–Crippen LogP) is 13.3. The molecule has 0 fully saturated rings. The maximum Gasteiger partial charge on any atom is 0.0540 e. The van der Waals surface area contributed by atoms with Crippen molar-refractivity contribution in [1.29, 1.82) is 0 Å². The summed E-state index contributed by atoms with van der Waals surface area (Å²) in [5.41, 5.74) is 12.1. The zero-order chi connectivity index (χ0) is 34.1. The first-order chi connectivity index (χ1) is 25.2. The molecule has 1 atom stereocenters. The van der Waals surface area contributed by atoms with Gasteiger partial charge in [0.25, 0.3) is 0 Å². The highest BCUT2D eigenvalue weighted by Gasteiger charge is 2.25. The maximum atomic E-state index is 2.50. The number of nitrogens with zero attached hydrogens (tertiary/aromatic N) is 3. The van der Waals surface area contributed by atoms with Crippen molar-refractivity contribution in [3.63, 3.8) is 0 Å². The molecule has 246 valence electrons. The zero-order valence-electron chi connectivity index (χ0n) is 28.7. The number of anilines is 6. The van der Waals surface area contributed by atoms with Gasteiger partial charge in [0.2, 0.25) is 0 Å². The zero-order valence-corrected chi connectivity index (χ0v) is 28.7. The lowest BCUT2D eigenvalue weighted by molar-refractivity contribution is 0.730. The number of para-hydroxylation sites is 3. The minimum Gasteiger partial charge on any atom is -0.313 e. The van der Waals surface area contributed by atoms with Crippen LogP contribution in [-0.4, -0.2) is 4.57 Å². The van der Waals surface area contributed by atoms with Gasteiger partial charge in [-0.05, 0) is 109 Å². The second-order valence-corrected chi connectivity index (χ2v) is 13.4. The Morgan fingerprint density at radius 1 is 0.490 bits per heavy atom. The van der Waals surface area contributed by atoms with Crippen LogP contribution in [0.1, 0.15) is 30.5 Å². The van der Waals surface area contributed by atoms with Crippen LogP contribution in [0.2, 0.25) is 0 Å². The normalized spacial score (nSPS) is 13.9. The second-order valence-electron chi connectivity index (χ2n) is 13.4. The van der Waals surface area contributed by atoms with Crippen LogP contribution in [0.3, 0.4) is 0 Å². The van der Waals surface area contributed by atoms with Crippen molar-refractivity contribution >= 4 is 55.8 Å². The Morgan fingerprint density at radius 2 is 1.06 bits per heavy atom. The van der Waals surface area contributed by atoms with Crippen LogP contribution >= 0.6 is 0 Å². The van der Waals surface area contributed by atoms with Gasteiger partial charge in [-0.2, -0.15) is 0 Å². The molecule has 0 bridgehead atoms. The summed E-state index contributed by atoms with van der Waals surface area (Å²) in [6.07, 6.45) is 6.68. The molecule has 9 rings (SSSR count). The largest absolute Gasteiger partial charge is 0.313 e. The Hall–Kier alpha value is -6.32. The second kappa shape index (κ2) is 13.2. The van der Waals surface area contributed by atoms with E-state index < -0.39 is 0 Å². The van der Waals surface area contributed by atoms with Crippen LogP contribution in [0.15, 0.2) is 188 Å². The molecule has 7 aromatic carbocycles. The Kier molecular flexibility index (Phi) is 7.94. The summed E-state index contributed by atoms with van der Waals surface area (Å²) in [5.74, 6) is 0.411. The van der Waals surface area contributed by atoms with Crippen molar-refractivity contribution in [3.05, 3.63) is 199 Å². The van der Waals surface area contributed by atoms with E-state index in [0.717, 1.165) is 47.0 Å². The highest BCUT2D eigenvalue weighted by molar-refractivity contribution is 6.01. The van der Waals surface area contributed by atoms with Crippen molar-refractivity contribution in [2.75, 3.05) is 9.80 Å². The van der Waals surface area contributed by atoms with Gasteiger partial charge in [0.05, 0.1) is 11.2 Å². The molecule has 0 amide bonds. The lowest BCUT2D eigenvalue weighted by atomic mass is 9.99. The monoisotopic (exact) mass is 657 g/mol. The average molecular weight is 658 g/mol. The highest BCUT2D eigenvalue weighted by atomic mass is 15.2. The van der Waals surface area contributed by atoms with Gasteiger partial charge >= 0.3 is 0 Å². The molecule has 0 radical (unpaired) electrons. The smallest absolute Gasteiger partial charge is 0.0540 e.